The van der Waals surface area contributed by atoms with Gasteiger partial charge in [0.05, 0.1) is 18.5 Å². The van der Waals surface area contributed by atoms with Gasteiger partial charge in [0, 0.05) is 12.6 Å². The molecule has 2 amide bonds. The second kappa shape index (κ2) is 8.61. The molecule has 146 valence electrons. The van der Waals surface area contributed by atoms with Gasteiger partial charge in [0.15, 0.2) is 17.5 Å². The number of anilines is 1. The van der Waals surface area contributed by atoms with Crippen molar-refractivity contribution in [3.8, 4) is 0 Å². The van der Waals surface area contributed by atoms with Crippen LogP contribution in [0.3, 0.4) is 0 Å². The largest absolute Gasteiger partial charge is 0.336 e. The van der Waals surface area contributed by atoms with Crippen LogP contribution in [-0.4, -0.2) is 39.8 Å². The molecule has 10 heteroatoms. The summed E-state index contributed by atoms with van der Waals surface area (Å²) in [6.07, 6.45) is 5.83. The molecule has 0 radical (unpaired) electrons. The quantitative estimate of drug-likeness (QED) is 0.729. The van der Waals surface area contributed by atoms with Crippen LogP contribution in [0.15, 0.2) is 12.1 Å². The van der Waals surface area contributed by atoms with Crippen molar-refractivity contribution in [3.63, 3.8) is 0 Å². The number of urea groups is 1. The van der Waals surface area contributed by atoms with Gasteiger partial charge in [-0.1, -0.05) is 19.3 Å². The topological polar surface area (TPSA) is 78.5 Å². The highest BCUT2D eigenvalue weighted by molar-refractivity contribution is 7.92. The summed E-state index contributed by atoms with van der Waals surface area (Å²) in [4.78, 5) is 11.9. The van der Waals surface area contributed by atoms with Crippen LogP contribution < -0.4 is 14.9 Å². The van der Waals surface area contributed by atoms with Crippen LogP contribution >= 0.6 is 0 Å². The average molecular weight is 393 g/mol. The Labute approximate surface area is 150 Å². The van der Waals surface area contributed by atoms with Crippen molar-refractivity contribution in [2.45, 2.75) is 38.1 Å². The molecule has 0 atom stereocenters. The van der Waals surface area contributed by atoms with Crippen LogP contribution in [0.5, 0.6) is 0 Å². The Kier molecular flexibility index (Phi) is 6.74. The van der Waals surface area contributed by atoms with Gasteiger partial charge in [0.25, 0.3) is 0 Å². The second-order valence-corrected chi connectivity index (χ2v) is 8.17. The highest BCUT2D eigenvalue weighted by Gasteiger charge is 2.24. The van der Waals surface area contributed by atoms with Crippen molar-refractivity contribution in [1.82, 2.24) is 10.6 Å². The maximum atomic E-state index is 13.9. The number of halogens is 3. The Morgan fingerprint density at radius 2 is 1.81 bits per heavy atom. The Morgan fingerprint density at radius 3 is 2.42 bits per heavy atom. The number of nitrogens with one attached hydrogen (secondary N) is 2. The molecule has 1 saturated carbocycles. The summed E-state index contributed by atoms with van der Waals surface area (Å²) in [6.45, 7) is -0.441. The van der Waals surface area contributed by atoms with Gasteiger partial charge in [-0.3, -0.25) is 4.31 Å². The van der Waals surface area contributed by atoms with Crippen molar-refractivity contribution >= 4 is 21.7 Å². The monoisotopic (exact) mass is 393 g/mol. The standard InChI is InChI=1S/C16H22F3N3O3S/c1-26(24,25)22(13-8-7-12(17)14(18)15(13)19)10-9-20-16(23)21-11-5-3-2-4-6-11/h7-8,11H,2-6,9-10H2,1H3,(H2,20,21,23). The number of benzene rings is 1. The van der Waals surface area contributed by atoms with E-state index in [-0.39, 0.29) is 19.1 Å². The number of carbonyl (C=O) groups is 1. The van der Waals surface area contributed by atoms with E-state index in [2.05, 4.69) is 10.6 Å². The summed E-state index contributed by atoms with van der Waals surface area (Å²) >= 11 is 0. The molecule has 1 aromatic rings. The number of rotatable bonds is 6. The lowest BCUT2D eigenvalue weighted by Crippen LogP contribution is -2.46. The molecule has 0 aromatic heterocycles. The number of hydrogen-bond acceptors (Lipinski definition) is 3. The molecular formula is C16H22F3N3O3S. The summed E-state index contributed by atoms with van der Waals surface area (Å²) in [5.41, 5.74) is -0.610. The molecule has 6 nitrogen and oxygen atoms in total. The minimum Gasteiger partial charge on any atom is -0.336 e. The Hall–Kier alpha value is -1.97. The first kappa shape index (κ1) is 20.3. The fourth-order valence-electron chi connectivity index (χ4n) is 2.93. The molecule has 0 aliphatic heterocycles. The molecule has 0 spiro atoms. The number of amides is 2. The van der Waals surface area contributed by atoms with E-state index < -0.39 is 39.2 Å². The third-order valence-electron chi connectivity index (χ3n) is 4.22. The van der Waals surface area contributed by atoms with Gasteiger partial charge >= 0.3 is 6.03 Å². The van der Waals surface area contributed by atoms with E-state index in [4.69, 9.17) is 0 Å². The minimum absolute atomic E-state index is 0.0819. The maximum absolute atomic E-state index is 13.9. The SMILES string of the molecule is CS(=O)(=O)N(CCNC(=O)NC1CCCCC1)c1ccc(F)c(F)c1F. The molecule has 1 aliphatic carbocycles. The molecule has 0 bridgehead atoms. The Bertz CT molecular complexity index is 753. The predicted octanol–water partition coefficient (Wildman–Crippen LogP) is 2.50. The van der Waals surface area contributed by atoms with Crippen molar-refractivity contribution < 1.29 is 26.4 Å². The van der Waals surface area contributed by atoms with Crippen molar-refractivity contribution in [2.24, 2.45) is 0 Å². The van der Waals surface area contributed by atoms with Gasteiger partial charge < -0.3 is 10.6 Å². The molecule has 2 rings (SSSR count). The van der Waals surface area contributed by atoms with E-state index in [1.807, 2.05) is 0 Å². The number of hydrogen-bond donors (Lipinski definition) is 2. The van der Waals surface area contributed by atoms with Crippen molar-refractivity contribution in [1.29, 1.82) is 0 Å². The van der Waals surface area contributed by atoms with Crippen LogP contribution in [0.1, 0.15) is 32.1 Å². The normalized spacial score (nSPS) is 15.5. The van der Waals surface area contributed by atoms with Crippen LogP contribution in [0, 0.1) is 17.5 Å². The fourth-order valence-corrected chi connectivity index (χ4v) is 3.85. The van der Waals surface area contributed by atoms with E-state index >= 15 is 0 Å². The highest BCUT2D eigenvalue weighted by Crippen LogP contribution is 2.25. The van der Waals surface area contributed by atoms with E-state index in [0.717, 1.165) is 44.4 Å². The average Bonchev–Trinajstić information content (AvgIpc) is 2.57. The van der Waals surface area contributed by atoms with E-state index in [1.165, 1.54) is 0 Å². The first-order valence-corrected chi connectivity index (χ1v) is 10.2. The van der Waals surface area contributed by atoms with Gasteiger partial charge in [0.1, 0.15) is 0 Å². The lowest BCUT2D eigenvalue weighted by Gasteiger charge is -2.25. The van der Waals surface area contributed by atoms with Crippen LogP contribution in [-0.2, 0) is 10.0 Å². The van der Waals surface area contributed by atoms with Crippen LogP contribution in [0.25, 0.3) is 0 Å². The van der Waals surface area contributed by atoms with E-state index in [0.29, 0.717) is 10.4 Å². The van der Waals surface area contributed by atoms with Crippen molar-refractivity contribution in [2.75, 3.05) is 23.7 Å². The summed E-state index contributed by atoms with van der Waals surface area (Å²) < 4.78 is 64.7. The lowest BCUT2D eigenvalue weighted by atomic mass is 9.96. The van der Waals surface area contributed by atoms with Gasteiger partial charge in [-0.15, -0.1) is 0 Å². The molecule has 26 heavy (non-hydrogen) atoms. The third kappa shape index (κ3) is 5.26. The maximum Gasteiger partial charge on any atom is 0.315 e. The molecule has 2 N–H and O–H groups in total. The number of nitrogens with zero attached hydrogens (tertiary/aromatic N) is 1. The van der Waals surface area contributed by atoms with Crippen molar-refractivity contribution in [3.05, 3.63) is 29.6 Å². The second-order valence-electron chi connectivity index (χ2n) is 6.26. The molecule has 1 fully saturated rings. The molecule has 1 aliphatic rings. The molecular weight excluding hydrogens is 371 g/mol. The first-order valence-electron chi connectivity index (χ1n) is 8.35. The predicted molar refractivity (Wildman–Crippen MR) is 91.9 cm³/mol. The summed E-state index contributed by atoms with van der Waals surface area (Å²) in [7, 11) is -3.96. The van der Waals surface area contributed by atoms with Crippen LogP contribution in [0.4, 0.5) is 23.7 Å². The zero-order valence-electron chi connectivity index (χ0n) is 14.4. The Balaban J connectivity index is 1.99. The molecule has 0 saturated heterocycles. The zero-order valence-corrected chi connectivity index (χ0v) is 15.2. The number of sulfonamides is 1. The summed E-state index contributed by atoms with van der Waals surface area (Å²) in [5, 5.41) is 5.30. The van der Waals surface area contributed by atoms with Crippen LogP contribution in [0.2, 0.25) is 0 Å². The molecule has 0 unspecified atom stereocenters. The first-order chi connectivity index (χ1) is 12.2. The number of carbonyl (C=O) groups excluding carboxylic acids is 1. The summed E-state index contributed by atoms with van der Waals surface area (Å²) in [6, 6.07) is 1.13. The third-order valence-corrected chi connectivity index (χ3v) is 5.40. The van der Waals surface area contributed by atoms with Gasteiger partial charge in [0.2, 0.25) is 10.0 Å². The fraction of sp³-hybridized carbons (Fsp3) is 0.562. The van der Waals surface area contributed by atoms with Gasteiger partial charge in [-0.2, -0.15) is 0 Å². The lowest BCUT2D eigenvalue weighted by molar-refractivity contribution is 0.233. The van der Waals surface area contributed by atoms with Gasteiger partial charge in [-0.05, 0) is 25.0 Å². The highest BCUT2D eigenvalue weighted by atomic mass is 32.2. The zero-order chi connectivity index (χ0) is 19.3. The molecule has 1 aromatic carbocycles. The van der Waals surface area contributed by atoms with E-state index in [9.17, 15) is 26.4 Å². The smallest absolute Gasteiger partial charge is 0.315 e. The minimum atomic E-state index is -3.96. The molecule has 0 heterocycles. The Morgan fingerprint density at radius 1 is 1.15 bits per heavy atom. The van der Waals surface area contributed by atoms with E-state index in [1.54, 1.807) is 0 Å². The summed E-state index contributed by atoms with van der Waals surface area (Å²) in [5.74, 6) is -4.76. The van der Waals surface area contributed by atoms with Gasteiger partial charge in [-0.25, -0.2) is 26.4 Å².